The minimum absolute atomic E-state index is 0.0270. The van der Waals surface area contributed by atoms with Crippen LogP contribution >= 0.6 is 0 Å². The first-order chi connectivity index (χ1) is 11.0. The summed E-state index contributed by atoms with van der Waals surface area (Å²) in [6.07, 6.45) is 1.39. The molecule has 2 aromatic rings. The van der Waals surface area contributed by atoms with Crippen LogP contribution in [-0.4, -0.2) is 48.8 Å². The lowest BCUT2D eigenvalue weighted by Crippen LogP contribution is -2.34. The fourth-order valence-electron chi connectivity index (χ4n) is 3.25. The number of hydrogen-bond donors (Lipinski definition) is 0. The van der Waals surface area contributed by atoms with E-state index in [1.165, 1.54) is 0 Å². The van der Waals surface area contributed by atoms with Gasteiger partial charge in [-0.1, -0.05) is 25.1 Å². The molecule has 1 aliphatic rings. The fraction of sp³-hybridized carbons (Fsp3) is 0.444. The Labute approximate surface area is 135 Å². The molecular formula is C18H22N2O3. The summed E-state index contributed by atoms with van der Waals surface area (Å²) in [5.74, 6) is 0.685. The number of aryl methyl sites for hydroxylation is 1. The third-order valence-electron chi connectivity index (χ3n) is 4.47. The van der Waals surface area contributed by atoms with Gasteiger partial charge >= 0.3 is 0 Å². The van der Waals surface area contributed by atoms with Crippen molar-refractivity contribution >= 4 is 22.8 Å². The average Bonchev–Trinajstić information content (AvgIpc) is 3.17. The minimum Gasteiger partial charge on any atom is -0.460 e. The van der Waals surface area contributed by atoms with Crippen molar-refractivity contribution in [2.24, 2.45) is 5.92 Å². The van der Waals surface area contributed by atoms with E-state index in [2.05, 4.69) is 0 Å². The molecule has 5 nitrogen and oxygen atoms in total. The van der Waals surface area contributed by atoms with Crippen molar-refractivity contribution < 1.29 is 14.0 Å². The highest BCUT2D eigenvalue weighted by molar-refractivity contribution is 6.07. The van der Waals surface area contributed by atoms with E-state index >= 15 is 0 Å². The highest BCUT2D eigenvalue weighted by Crippen LogP contribution is 2.29. The highest BCUT2D eigenvalue weighted by Gasteiger charge is 2.34. The predicted molar refractivity (Wildman–Crippen MR) is 88.3 cm³/mol. The predicted octanol–water partition coefficient (Wildman–Crippen LogP) is 2.55. The fourth-order valence-corrected chi connectivity index (χ4v) is 3.25. The van der Waals surface area contributed by atoms with E-state index in [-0.39, 0.29) is 17.7 Å². The summed E-state index contributed by atoms with van der Waals surface area (Å²) >= 11 is 0. The molecule has 1 atom stereocenters. The zero-order valence-corrected chi connectivity index (χ0v) is 13.8. The average molecular weight is 314 g/mol. The van der Waals surface area contributed by atoms with E-state index in [9.17, 15) is 9.59 Å². The molecule has 0 radical (unpaired) electrons. The maximum absolute atomic E-state index is 13.0. The third kappa shape index (κ3) is 2.71. The summed E-state index contributed by atoms with van der Waals surface area (Å²) in [6.45, 7) is 3.08. The lowest BCUT2D eigenvalue weighted by atomic mass is 10.1. The van der Waals surface area contributed by atoms with E-state index in [0.29, 0.717) is 25.1 Å². The lowest BCUT2D eigenvalue weighted by Gasteiger charge is -2.18. The van der Waals surface area contributed by atoms with Gasteiger partial charge in [-0.05, 0) is 12.5 Å². The molecular weight excluding hydrogens is 292 g/mol. The van der Waals surface area contributed by atoms with E-state index in [4.69, 9.17) is 4.42 Å². The van der Waals surface area contributed by atoms with Gasteiger partial charge in [0, 0.05) is 39.0 Å². The van der Waals surface area contributed by atoms with Crippen LogP contribution in [0.5, 0.6) is 0 Å². The topological polar surface area (TPSA) is 53.8 Å². The van der Waals surface area contributed by atoms with Crippen LogP contribution in [0.25, 0.3) is 11.0 Å². The summed E-state index contributed by atoms with van der Waals surface area (Å²) < 4.78 is 5.82. The zero-order valence-electron chi connectivity index (χ0n) is 13.8. The summed E-state index contributed by atoms with van der Waals surface area (Å²) in [4.78, 5) is 28.5. The molecule has 1 aliphatic heterocycles. The van der Waals surface area contributed by atoms with Crippen LogP contribution in [-0.2, 0) is 11.2 Å². The molecule has 23 heavy (non-hydrogen) atoms. The lowest BCUT2D eigenvalue weighted by molar-refractivity contribution is -0.132. The van der Waals surface area contributed by atoms with Gasteiger partial charge in [0.05, 0.1) is 11.5 Å². The second-order valence-electron chi connectivity index (χ2n) is 6.22. The minimum atomic E-state index is -0.0998. The normalized spacial score (nSPS) is 17.7. The van der Waals surface area contributed by atoms with Crippen molar-refractivity contribution in [2.75, 3.05) is 27.2 Å². The van der Waals surface area contributed by atoms with Crippen LogP contribution in [0.4, 0.5) is 0 Å². The Balaban J connectivity index is 1.88. The summed E-state index contributed by atoms with van der Waals surface area (Å²) in [5, 5.41) is 0.858. The molecule has 2 amide bonds. The molecule has 1 unspecified atom stereocenters. The second-order valence-corrected chi connectivity index (χ2v) is 6.22. The maximum atomic E-state index is 13.0. The molecule has 2 heterocycles. The molecule has 122 valence electrons. The Bertz CT molecular complexity index is 748. The summed E-state index contributed by atoms with van der Waals surface area (Å²) in [5.41, 5.74) is 1.40. The first-order valence-electron chi connectivity index (χ1n) is 8.03. The van der Waals surface area contributed by atoms with Gasteiger partial charge in [-0.3, -0.25) is 9.59 Å². The molecule has 0 saturated carbocycles. The Kier molecular flexibility index (Phi) is 4.11. The van der Waals surface area contributed by atoms with Gasteiger partial charge in [-0.2, -0.15) is 0 Å². The largest absolute Gasteiger partial charge is 0.460 e. The highest BCUT2D eigenvalue weighted by atomic mass is 16.3. The monoisotopic (exact) mass is 314 g/mol. The van der Waals surface area contributed by atoms with Gasteiger partial charge in [0.2, 0.25) is 5.91 Å². The van der Waals surface area contributed by atoms with Crippen molar-refractivity contribution in [2.45, 2.75) is 19.8 Å². The number of amides is 2. The summed E-state index contributed by atoms with van der Waals surface area (Å²) in [7, 11) is 3.51. The van der Waals surface area contributed by atoms with E-state index in [1.807, 2.05) is 31.2 Å². The van der Waals surface area contributed by atoms with Crippen molar-refractivity contribution in [3.8, 4) is 0 Å². The van der Waals surface area contributed by atoms with Gasteiger partial charge in [-0.25, -0.2) is 0 Å². The number of rotatable bonds is 3. The number of carbonyl (C=O) groups excluding carboxylic acids is 2. The SMILES string of the molecule is CCc1oc2ccccc2c1C(=O)N1CCC(C(=O)N(C)C)C1. The first-order valence-corrected chi connectivity index (χ1v) is 8.03. The number of hydrogen-bond acceptors (Lipinski definition) is 3. The molecule has 5 heteroatoms. The molecule has 1 saturated heterocycles. The number of para-hydroxylation sites is 1. The molecule has 1 aromatic heterocycles. The second kappa shape index (κ2) is 6.07. The molecule has 1 fully saturated rings. The number of nitrogens with zero attached hydrogens (tertiary/aromatic N) is 2. The van der Waals surface area contributed by atoms with Crippen LogP contribution in [0.15, 0.2) is 28.7 Å². The number of likely N-dealkylation sites (tertiary alicyclic amines) is 1. The smallest absolute Gasteiger partial charge is 0.258 e. The van der Waals surface area contributed by atoms with Crippen molar-refractivity contribution in [1.29, 1.82) is 0 Å². The molecule has 3 rings (SSSR count). The Hall–Kier alpha value is -2.30. The summed E-state index contributed by atoms with van der Waals surface area (Å²) in [6, 6.07) is 7.62. The maximum Gasteiger partial charge on any atom is 0.258 e. The number of fused-ring (bicyclic) bond motifs is 1. The van der Waals surface area contributed by atoms with Crippen LogP contribution < -0.4 is 0 Å². The van der Waals surface area contributed by atoms with Gasteiger partial charge in [0.15, 0.2) is 0 Å². The Morgan fingerprint density at radius 3 is 2.74 bits per heavy atom. The molecule has 0 N–H and O–H groups in total. The van der Waals surface area contributed by atoms with E-state index in [0.717, 1.165) is 23.2 Å². The number of furan rings is 1. The molecule has 0 bridgehead atoms. The Morgan fingerprint density at radius 2 is 2.04 bits per heavy atom. The zero-order chi connectivity index (χ0) is 16.6. The molecule has 0 aliphatic carbocycles. The van der Waals surface area contributed by atoms with Crippen LogP contribution in [0.3, 0.4) is 0 Å². The van der Waals surface area contributed by atoms with Crippen LogP contribution in [0.2, 0.25) is 0 Å². The standard InChI is InChI=1S/C18H22N2O3/c1-4-14-16(13-7-5-6-8-15(13)23-14)18(22)20-10-9-12(11-20)17(21)19(2)3/h5-8,12H,4,9-11H2,1-3H3. The molecule has 0 spiro atoms. The van der Waals surface area contributed by atoms with Gasteiger partial charge < -0.3 is 14.2 Å². The van der Waals surface area contributed by atoms with E-state index < -0.39 is 0 Å². The number of carbonyl (C=O) groups is 2. The Morgan fingerprint density at radius 1 is 1.30 bits per heavy atom. The molecule has 1 aromatic carbocycles. The van der Waals surface area contributed by atoms with Gasteiger partial charge in [0.25, 0.3) is 5.91 Å². The first kappa shape index (κ1) is 15.6. The van der Waals surface area contributed by atoms with Crippen LogP contribution in [0.1, 0.15) is 29.5 Å². The van der Waals surface area contributed by atoms with Crippen molar-refractivity contribution in [1.82, 2.24) is 9.80 Å². The van der Waals surface area contributed by atoms with E-state index in [1.54, 1.807) is 23.9 Å². The van der Waals surface area contributed by atoms with Gasteiger partial charge in [-0.15, -0.1) is 0 Å². The third-order valence-corrected chi connectivity index (χ3v) is 4.47. The van der Waals surface area contributed by atoms with Gasteiger partial charge in [0.1, 0.15) is 11.3 Å². The van der Waals surface area contributed by atoms with Crippen molar-refractivity contribution in [3.05, 3.63) is 35.6 Å². The number of benzene rings is 1. The van der Waals surface area contributed by atoms with Crippen LogP contribution in [0, 0.1) is 5.92 Å². The quantitative estimate of drug-likeness (QED) is 0.875. The van der Waals surface area contributed by atoms with Crippen molar-refractivity contribution in [3.63, 3.8) is 0 Å².